The van der Waals surface area contributed by atoms with Crippen molar-refractivity contribution in [1.29, 1.82) is 0 Å². The monoisotopic (exact) mass is 237 g/mol. The molecule has 1 atom stereocenters. The van der Waals surface area contributed by atoms with Crippen LogP contribution >= 0.6 is 0 Å². The second kappa shape index (κ2) is 6.22. The first-order valence-corrected chi connectivity index (χ1v) is 5.50. The second-order valence-corrected chi connectivity index (χ2v) is 4.18. The van der Waals surface area contributed by atoms with Crippen LogP contribution in [0.5, 0.6) is 0 Å². The molecular weight excluding hydrogens is 218 g/mol. The molecule has 0 heterocycles. The summed E-state index contributed by atoms with van der Waals surface area (Å²) in [6, 6.07) is 7.10. The van der Waals surface area contributed by atoms with Crippen molar-refractivity contribution in [3.05, 3.63) is 24.3 Å². The Morgan fingerprint density at radius 1 is 1.53 bits per heavy atom. The Kier molecular flexibility index (Phi) is 4.93. The van der Waals surface area contributed by atoms with Gasteiger partial charge in [-0.3, -0.25) is 9.69 Å². The minimum absolute atomic E-state index is 0.147. The Balaban J connectivity index is 2.47. The van der Waals surface area contributed by atoms with Crippen molar-refractivity contribution in [2.24, 2.45) is 0 Å². The standard InChI is InChI=1S/C12H19N3O2/c1-9(16)7-15(2)8-12(17)14-11-6-4-3-5-10(11)13/h3-6,9,16H,7-8,13H2,1-2H3,(H,14,17). The van der Waals surface area contributed by atoms with Gasteiger partial charge in [0.1, 0.15) is 0 Å². The van der Waals surface area contributed by atoms with Crippen LogP contribution in [0.2, 0.25) is 0 Å². The fraction of sp³-hybridized carbons (Fsp3) is 0.417. The van der Waals surface area contributed by atoms with E-state index in [1.54, 1.807) is 31.0 Å². The highest BCUT2D eigenvalue weighted by molar-refractivity contribution is 5.95. The third-order valence-electron chi connectivity index (χ3n) is 2.22. The van der Waals surface area contributed by atoms with Gasteiger partial charge in [0.05, 0.1) is 24.0 Å². The van der Waals surface area contributed by atoms with E-state index in [0.717, 1.165) is 0 Å². The van der Waals surface area contributed by atoms with Gasteiger partial charge in [-0.05, 0) is 26.1 Å². The molecule has 0 aromatic heterocycles. The summed E-state index contributed by atoms with van der Waals surface area (Å²) in [7, 11) is 1.78. The molecule has 0 aliphatic heterocycles. The summed E-state index contributed by atoms with van der Waals surface area (Å²) >= 11 is 0. The number of benzene rings is 1. The van der Waals surface area contributed by atoms with Crippen LogP contribution in [0.15, 0.2) is 24.3 Å². The molecule has 0 saturated heterocycles. The minimum Gasteiger partial charge on any atom is -0.397 e. The van der Waals surface area contributed by atoms with E-state index in [4.69, 9.17) is 5.73 Å². The molecule has 5 heteroatoms. The summed E-state index contributed by atoms with van der Waals surface area (Å²) in [5.41, 5.74) is 6.87. The number of nitrogen functional groups attached to an aromatic ring is 1. The Morgan fingerprint density at radius 3 is 2.76 bits per heavy atom. The number of aliphatic hydroxyl groups is 1. The molecule has 0 aliphatic carbocycles. The lowest BCUT2D eigenvalue weighted by atomic mass is 10.2. The number of rotatable bonds is 5. The summed E-state index contributed by atoms with van der Waals surface area (Å²) in [5.74, 6) is -0.147. The summed E-state index contributed by atoms with van der Waals surface area (Å²) in [6.07, 6.45) is -0.449. The zero-order chi connectivity index (χ0) is 12.8. The Labute approximate surface area is 101 Å². The quantitative estimate of drug-likeness (QED) is 0.652. The number of carbonyl (C=O) groups is 1. The molecule has 1 amide bonds. The second-order valence-electron chi connectivity index (χ2n) is 4.18. The van der Waals surface area contributed by atoms with E-state index in [0.29, 0.717) is 17.9 Å². The van der Waals surface area contributed by atoms with Crippen LogP contribution in [0.25, 0.3) is 0 Å². The number of likely N-dealkylation sites (N-methyl/N-ethyl adjacent to an activating group) is 1. The molecule has 17 heavy (non-hydrogen) atoms. The van der Waals surface area contributed by atoms with Crippen molar-refractivity contribution in [2.45, 2.75) is 13.0 Å². The molecule has 0 saturated carbocycles. The smallest absolute Gasteiger partial charge is 0.238 e. The molecule has 1 aromatic carbocycles. The number of para-hydroxylation sites is 2. The van der Waals surface area contributed by atoms with Crippen molar-refractivity contribution in [3.8, 4) is 0 Å². The number of hydrogen-bond donors (Lipinski definition) is 3. The zero-order valence-corrected chi connectivity index (χ0v) is 10.2. The Bertz CT molecular complexity index is 380. The van der Waals surface area contributed by atoms with Crippen LogP contribution in [0.3, 0.4) is 0 Å². The first-order valence-electron chi connectivity index (χ1n) is 5.50. The van der Waals surface area contributed by atoms with E-state index in [1.807, 2.05) is 12.1 Å². The fourth-order valence-electron chi connectivity index (χ4n) is 1.56. The van der Waals surface area contributed by atoms with Crippen LogP contribution in [-0.2, 0) is 4.79 Å². The summed E-state index contributed by atoms with van der Waals surface area (Å²) in [4.78, 5) is 13.4. The van der Waals surface area contributed by atoms with E-state index in [-0.39, 0.29) is 12.5 Å². The lowest BCUT2D eigenvalue weighted by Crippen LogP contribution is -2.34. The van der Waals surface area contributed by atoms with Gasteiger partial charge in [0.2, 0.25) is 5.91 Å². The minimum atomic E-state index is -0.449. The van der Waals surface area contributed by atoms with Crippen molar-refractivity contribution in [3.63, 3.8) is 0 Å². The van der Waals surface area contributed by atoms with Crippen LogP contribution in [-0.4, -0.2) is 42.2 Å². The summed E-state index contributed by atoms with van der Waals surface area (Å²) in [5, 5.41) is 11.9. The Morgan fingerprint density at radius 2 is 2.18 bits per heavy atom. The predicted molar refractivity (Wildman–Crippen MR) is 68.7 cm³/mol. The first kappa shape index (κ1) is 13.5. The van der Waals surface area contributed by atoms with Crippen LogP contribution < -0.4 is 11.1 Å². The van der Waals surface area contributed by atoms with Gasteiger partial charge < -0.3 is 16.2 Å². The van der Waals surface area contributed by atoms with Crippen molar-refractivity contribution in [1.82, 2.24) is 4.90 Å². The highest BCUT2D eigenvalue weighted by atomic mass is 16.3. The zero-order valence-electron chi connectivity index (χ0n) is 10.2. The van der Waals surface area contributed by atoms with Crippen molar-refractivity contribution >= 4 is 17.3 Å². The molecule has 1 unspecified atom stereocenters. The van der Waals surface area contributed by atoms with Gasteiger partial charge in [-0.15, -0.1) is 0 Å². The average Bonchev–Trinajstić information content (AvgIpc) is 2.19. The number of anilines is 2. The van der Waals surface area contributed by atoms with E-state index < -0.39 is 6.10 Å². The number of hydrogen-bond acceptors (Lipinski definition) is 4. The molecule has 94 valence electrons. The number of nitrogens with one attached hydrogen (secondary N) is 1. The third kappa shape index (κ3) is 4.84. The molecule has 0 bridgehead atoms. The van der Waals surface area contributed by atoms with Gasteiger partial charge in [0.25, 0.3) is 0 Å². The number of nitrogens with two attached hydrogens (primary N) is 1. The molecule has 5 nitrogen and oxygen atoms in total. The van der Waals surface area contributed by atoms with Gasteiger partial charge in [-0.2, -0.15) is 0 Å². The number of amides is 1. The van der Waals surface area contributed by atoms with Crippen LogP contribution in [0, 0.1) is 0 Å². The van der Waals surface area contributed by atoms with E-state index in [9.17, 15) is 9.90 Å². The van der Waals surface area contributed by atoms with E-state index in [1.165, 1.54) is 0 Å². The molecule has 0 radical (unpaired) electrons. The van der Waals surface area contributed by atoms with Gasteiger partial charge in [-0.1, -0.05) is 12.1 Å². The Hall–Kier alpha value is -1.59. The average molecular weight is 237 g/mol. The topological polar surface area (TPSA) is 78.6 Å². The normalized spacial score (nSPS) is 12.5. The molecule has 4 N–H and O–H groups in total. The molecular formula is C12H19N3O2. The molecule has 0 fully saturated rings. The highest BCUT2D eigenvalue weighted by Gasteiger charge is 2.09. The molecule has 0 aliphatic rings. The van der Waals surface area contributed by atoms with Crippen molar-refractivity contribution in [2.75, 3.05) is 31.2 Å². The SMILES string of the molecule is CC(O)CN(C)CC(=O)Nc1ccccc1N. The maximum Gasteiger partial charge on any atom is 0.238 e. The number of aliphatic hydroxyl groups excluding tert-OH is 1. The van der Waals surface area contributed by atoms with Gasteiger partial charge in [0.15, 0.2) is 0 Å². The fourth-order valence-corrected chi connectivity index (χ4v) is 1.56. The molecule has 1 aromatic rings. The van der Waals surface area contributed by atoms with Crippen LogP contribution in [0.4, 0.5) is 11.4 Å². The maximum atomic E-state index is 11.7. The van der Waals surface area contributed by atoms with Gasteiger partial charge in [0, 0.05) is 6.54 Å². The lowest BCUT2D eigenvalue weighted by Gasteiger charge is -2.18. The van der Waals surface area contributed by atoms with Crippen molar-refractivity contribution < 1.29 is 9.90 Å². The molecule has 1 rings (SSSR count). The van der Waals surface area contributed by atoms with E-state index in [2.05, 4.69) is 5.32 Å². The number of nitrogens with zero attached hydrogens (tertiary/aromatic N) is 1. The maximum absolute atomic E-state index is 11.7. The third-order valence-corrected chi connectivity index (χ3v) is 2.22. The largest absolute Gasteiger partial charge is 0.397 e. The predicted octanol–water partition coefficient (Wildman–Crippen LogP) is 0.520. The lowest BCUT2D eigenvalue weighted by molar-refractivity contribution is -0.117. The summed E-state index contributed by atoms with van der Waals surface area (Å²) in [6.45, 7) is 2.36. The summed E-state index contributed by atoms with van der Waals surface area (Å²) < 4.78 is 0. The number of carbonyl (C=O) groups excluding carboxylic acids is 1. The van der Waals surface area contributed by atoms with Gasteiger partial charge >= 0.3 is 0 Å². The van der Waals surface area contributed by atoms with Crippen LogP contribution in [0.1, 0.15) is 6.92 Å². The molecule has 0 spiro atoms. The first-order chi connectivity index (χ1) is 7.99. The van der Waals surface area contributed by atoms with Gasteiger partial charge in [-0.25, -0.2) is 0 Å². The van der Waals surface area contributed by atoms with E-state index >= 15 is 0 Å². The highest BCUT2D eigenvalue weighted by Crippen LogP contribution is 2.16.